The minimum Gasteiger partial charge on any atom is -0.376 e. The van der Waals surface area contributed by atoms with Crippen LogP contribution >= 0.6 is 0 Å². The van der Waals surface area contributed by atoms with Gasteiger partial charge in [-0.25, -0.2) is 4.18 Å². The molecule has 0 aliphatic carbocycles. The van der Waals surface area contributed by atoms with Gasteiger partial charge in [0.2, 0.25) is 0 Å². The first-order valence-corrected chi connectivity index (χ1v) is 8.40. The molecule has 1 saturated heterocycles. The van der Waals surface area contributed by atoms with Gasteiger partial charge in [-0.1, -0.05) is 0 Å². The second-order valence-electron chi connectivity index (χ2n) is 4.07. The summed E-state index contributed by atoms with van der Waals surface area (Å²) in [4.78, 5) is 0. The van der Waals surface area contributed by atoms with Crippen molar-refractivity contribution in [2.45, 2.75) is 31.3 Å². The van der Waals surface area contributed by atoms with E-state index < -0.39 is 44.9 Å². The second-order valence-corrected chi connectivity index (χ2v) is 6.71. The highest BCUT2D eigenvalue weighted by molar-refractivity contribution is 7.86. The molecule has 1 N–H and O–H groups in total. The Morgan fingerprint density at radius 1 is 1.16 bits per heavy atom. The highest BCUT2D eigenvalue weighted by Gasteiger charge is 2.44. The molecule has 1 aliphatic rings. The van der Waals surface area contributed by atoms with Crippen molar-refractivity contribution in [2.75, 3.05) is 20.0 Å². The third-order valence-corrected chi connectivity index (χ3v) is 3.53. The van der Waals surface area contributed by atoms with Gasteiger partial charge in [0.1, 0.15) is 18.3 Å². The highest BCUT2D eigenvalue weighted by atomic mass is 32.3. The quantitative estimate of drug-likeness (QED) is 0.499. The Hall–Kier alpha value is -0.300. The van der Waals surface area contributed by atoms with E-state index in [9.17, 15) is 16.8 Å². The van der Waals surface area contributed by atoms with Crippen molar-refractivity contribution >= 4 is 20.5 Å². The van der Waals surface area contributed by atoms with Crippen molar-refractivity contribution in [1.29, 1.82) is 0 Å². The molecule has 0 aromatic carbocycles. The Morgan fingerprint density at radius 3 is 2.16 bits per heavy atom. The Morgan fingerprint density at radius 2 is 1.74 bits per heavy atom. The zero-order valence-corrected chi connectivity index (χ0v) is 12.2. The molecule has 0 bridgehead atoms. The van der Waals surface area contributed by atoms with Crippen LogP contribution in [-0.2, 0) is 38.4 Å². The van der Waals surface area contributed by atoms with Crippen LogP contribution in [-0.4, -0.2) is 65.8 Å². The van der Waals surface area contributed by atoms with Crippen LogP contribution in [0.5, 0.6) is 0 Å². The molecular weight excluding hydrogens is 304 g/mol. The minimum absolute atomic E-state index is 0.0263. The summed E-state index contributed by atoms with van der Waals surface area (Å²) in [7, 11) is -7.39. The fourth-order valence-corrected chi connectivity index (χ4v) is 2.89. The number of hydrogen-bond acceptors (Lipinski definition) is 8. The molecule has 114 valence electrons. The highest BCUT2D eigenvalue weighted by Crippen LogP contribution is 2.25. The lowest BCUT2D eigenvalue weighted by atomic mass is 10.0. The Kier molecular flexibility index (Phi) is 5.28. The number of hydrogen-bond donors (Lipinski definition) is 1. The van der Waals surface area contributed by atoms with Gasteiger partial charge in [-0.15, -0.1) is 0 Å². The van der Waals surface area contributed by atoms with Crippen LogP contribution in [0, 0.1) is 0 Å². The van der Waals surface area contributed by atoms with Crippen molar-refractivity contribution in [3.63, 3.8) is 0 Å². The lowest BCUT2D eigenvalue weighted by Gasteiger charge is -2.38. The van der Waals surface area contributed by atoms with Crippen molar-refractivity contribution in [3.8, 4) is 0 Å². The van der Waals surface area contributed by atoms with E-state index in [0.29, 0.717) is 0 Å². The van der Waals surface area contributed by atoms with E-state index >= 15 is 0 Å². The van der Waals surface area contributed by atoms with E-state index in [0.717, 1.165) is 6.26 Å². The van der Waals surface area contributed by atoms with Crippen LogP contribution in [0.25, 0.3) is 0 Å². The van der Waals surface area contributed by atoms with Crippen LogP contribution in [0.4, 0.5) is 0 Å². The maximum Gasteiger partial charge on any atom is 0.397 e. The molecule has 4 atom stereocenters. The molecular formula is C8H16O9S2. The van der Waals surface area contributed by atoms with Gasteiger partial charge in [0.05, 0.1) is 19.0 Å². The monoisotopic (exact) mass is 320 g/mol. The summed E-state index contributed by atoms with van der Waals surface area (Å²) in [6.45, 7) is 1.46. The fourth-order valence-electron chi connectivity index (χ4n) is 1.71. The summed E-state index contributed by atoms with van der Waals surface area (Å²) in [6.07, 6.45) is -3.44. The molecule has 1 heterocycles. The standard InChI is InChI=1S/C8H16O9S2/c1-5-7(16-18(3,9)10)8(17-19(11,12)13)6(14-2)4-15-5/h5-8H,4H2,1-3H3,(H,11,12,13)/t5-,6+,7?,8+/m0/s1. The van der Waals surface area contributed by atoms with Gasteiger partial charge in [0.15, 0.2) is 0 Å². The summed E-state index contributed by atoms with van der Waals surface area (Å²) >= 11 is 0. The molecule has 0 aromatic rings. The van der Waals surface area contributed by atoms with Gasteiger partial charge in [-0.3, -0.25) is 8.74 Å². The average Bonchev–Trinajstić information content (AvgIpc) is 2.20. The first-order chi connectivity index (χ1) is 8.53. The molecule has 19 heavy (non-hydrogen) atoms. The molecule has 1 unspecified atom stereocenters. The van der Waals surface area contributed by atoms with Gasteiger partial charge in [0.25, 0.3) is 10.1 Å². The number of rotatable bonds is 5. The summed E-state index contributed by atoms with van der Waals surface area (Å²) in [5, 5.41) is 0. The normalized spacial score (nSPS) is 33.3. The van der Waals surface area contributed by atoms with Gasteiger partial charge in [-0.05, 0) is 6.92 Å². The van der Waals surface area contributed by atoms with E-state index in [1.54, 1.807) is 0 Å². The molecule has 0 amide bonds. The smallest absolute Gasteiger partial charge is 0.376 e. The van der Waals surface area contributed by atoms with E-state index in [2.05, 4.69) is 4.18 Å². The minimum atomic E-state index is -4.79. The van der Waals surface area contributed by atoms with Crippen LogP contribution in [0.15, 0.2) is 0 Å². The molecule has 0 spiro atoms. The molecule has 1 aliphatic heterocycles. The van der Waals surface area contributed by atoms with Crippen molar-refractivity contribution in [2.24, 2.45) is 0 Å². The SMILES string of the molecule is CO[C@@H]1CO[C@@H](C)C(OS(C)(=O)=O)[C@@H]1OS(=O)(=O)O. The van der Waals surface area contributed by atoms with Crippen LogP contribution < -0.4 is 0 Å². The lowest BCUT2D eigenvalue weighted by Crippen LogP contribution is -2.56. The maximum atomic E-state index is 11.2. The Bertz CT molecular complexity index is 496. The van der Waals surface area contributed by atoms with Crippen LogP contribution in [0.3, 0.4) is 0 Å². The molecule has 0 aromatic heterocycles. The first kappa shape index (κ1) is 16.8. The number of methoxy groups -OCH3 is 1. The van der Waals surface area contributed by atoms with E-state index in [-0.39, 0.29) is 6.61 Å². The van der Waals surface area contributed by atoms with E-state index in [1.807, 2.05) is 0 Å². The third kappa shape index (κ3) is 5.30. The van der Waals surface area contributed by atoms with Gasteiger partial charge >= 0.3 is 10.4 Å². The van der Waals surface area contributed by atoms with E-state index in [4.69, 9.17) is 18.2 Å². The van der Waals surface area contributed by atoms with Crippen LogP contribution in [0.2, 0.25) is 0 Å². The third-order valence-electron chi connectivity index (χ3n) is 2.50. The Balaban J connectivity index is 3.03. The zero-order chi connectivity index (χ0) is 14.8. The molecule has 1 rings (SSSR count). The number of ether oxygens (including phenoxy) is 2. The second kappa shape index (κ2) is 5.99. The molecule has 11 heteroatoms. The fraction of sp³-hybridized carbons (Fsp3) is 1.00. The lowest BCUT2D eigenvalue weighted by molar-refractivity contribution is -0.172. The molecule has 0 radical (unpaired) electrons. The molecule has 0 saturated carbocycles. The van der Waals surface area contributed by atoms with Crippen LogP contribution in [0.1, 0.15) is 6.92 Å². The largest absolute Gasteiger partial charge is 0.397 e. The Labute approximate surface area is 111 Å². The maximum absolute atomic E-state index is 11.2. The summed E-state index contributed by atoms with van der Waals surface area (Å²) in [5.41, 5.74) is 0. The van der Waals surface area contributed by atoms with E-state index in [1.165, 1.54) is 14.0 Å². The predicted molar refractivity (Wildman–Crippen MR) is 62.3 cm³/mol. The summed E-state index contributed by atoms with van der Waals surface area (Å²) in [5.74, 6) is 0. The summed E-state index contributed by atoms with van der Waals surface area (Å²) in [6, 6.07) is 0. The average molecular weight is 320 g/mol. The van der Waals surface area contributed by atoms with Gasteiger partial charge in [0, 0.05) is 7.11 Å². The van der Waals surface area contributed by atoms with Crippen molar-refractivity contribution < 1.29 is 39.2 Å². The van der Waals surface area contributed by atoms with Crippen molar-refractivity contribution in [3.05, 3.63) is 0 Å². The van der Waals surface area contributed by atoms with Crippen molar-refractivity contribution in [1.82, 2.24) is 0 Å². The predicted octanol–water partition coefficient (Wildman–Crippen LogP) is -1.05. The molecule has 1 fully saturated rings. The topological polar surface area (TPSA) is 125 Å². The molecule has 9 nitrogen and oxygen atoms in total. The summed E-state index contributed by atoms with van der Waals surface area (Å²) < 4.78 is 72.0. The van der Waals surface area contributed by atoms with Gasteiger partial charge < -0.3 is 9.47 Å². The first-order valence-electron chi connectivity index (χ1n) is 5.22. The zero-order valence-electron chi connectivity index (χ0n) is 10.5. The van der Waals surface area contributed by atoms with Gasteiger partial charge in [-0.2, -0.15) is 16.8 Å².